The van der Waals surface area contributed by atoms with Gasteiger partial charge in [0.25, 0.3) is 0 Å². The molecule has 0 radical (unpaired) electrons. The lowest BCUT2D eigenvalue weighted by atomic mass is 9.79. The number of rotatable bonds is 5. The van der Waals surface area contributed by atoms with E-state index in [1.165, 1.54) is 18.2 Å². The molecule has 1 heterocycles. The molecule has 0 aromatic heterocycles. The van der Waals surface area contributed by atoms with Crippen molar-refractivity contribution in [2.24, 2.45) is 0 Å². The molecule has 2 aromatic carbocycles. The zero-order valence-corrected chi connectivity index (χ0v) is 16.2. The van der Waals surface area contributed by atoms with E-state index in [1.807, 2.05) is 58.0 Å². The fourth-order valence-electron chi connectivity index (χ4n) is 2.71. The summed E-state index contributed by atoms with van der Waals surface area (Å²) in [6, 6.07) is 13.3. The smallest absolute Gasteiger partial charge is 0.485 e. The van der Waals surface area contributed by atoms with E-state index in [0.29, 0.717) is 5.46 Å². The fraction of sp³-hybridized carbons (Fsp3) is 0.400. The molecule has 0 amide bonds. The van der Waals surface area contributed by atoms with Gasteiger partial charge in [0.1, 0.15) is 6.61 Å². The third-order valence-corrected chi connectivity index (χ3v) is 4.96. The van der Waals surface area contributed by atoms with Gasteiger partial charge in [-0.1, -0.05) is 36.4 Å². The maximum atomic E-state index is 12.8. The van der Waals surface area contributed by atoms with Crippen molar-refractivity contribution in [3.8, 4) is 11.5 Å². The van der Waals surface area contributed by atoms with Gasteiger partial charge in [-0.15, -0.1) is 13.2 Å². The molecule has 0 spiro atoms. The molecule has 1 fully saturated rings. The molecule has 0 saturated carbocycles. The van der Waals surface area contributed by atoms with Gasteiger partial charge in [0.15, 0.2) is 11.5 Å². The van der Waals surface area contributed by atoms with Crippen molar-refractivity contribution in [3.05, 3.63) is 54.1 Å². The van der Waals surface area contributed by atoms with Crippen molar-refractivity contribution in [1.29, 1.82) is 0 Å². The first-order valence-electron chi connectivity index (χ1n) is 8.89. The second kappa shape index (κ2) is 7.33. The third kappa shape index (κ3) is 4.62. The highest BCUT2D eigenvalue weighted by molar-refractivity contribution is 6.62. The maximum absolute atomic E-state index is 12.8. The van der Waals surface area contributed by atoms with Crippen molar-refractivity contribution in [1.82, 2.24) is 0 Å². The van der Waals surface area contributed by atoms with Crippen molar-refractivity contribution in [3.63, 3.8) is 0 Å². The van der Waals surface area contributed by atoms with Crippen molar-refractivity contribution in [2.75, 3.05) is 0 Å². The predicted octanol–water partition coefficient (Wildman–Crippen LogP) is 4.46. The highest BCUT2D eigenvalue weighted by atomic mass is 19.4. The summed E-state index contributed by atoms with van der Waals surface area (Å²) < 4.78 is 60.0. The van der Waals surface area contributed by atoms with E-state index < -0.39 is 30.4 Å². The molecular weight excluding hydrogens is 372 g/mol. The molecule has 1 aliphatic rings. The van der Waals surface area contributed by atoms with Gasteiger partial charge in [0, 0.05) is 0 Å². The molecule has 150 valence electrons. The SMILES string of the molecule is CC1(C)OB(c2ccc(OC(F)(F)F)c(OCc3ccccc3)c2)OC1(C)C. The molecule has 4 nitrogen and oxygen atoms in total. The lowest BCUT2D eigenvalue weighted by Crippen LogP contribution is -2.41. The third-order valence-electron chi connectivity index (χ3n) is 4.96. The predicted molar refractivity (Wildman–Crippen MR) is 99.6 cm³/mol. The van der Waals surface area contributed by atoms with Gasteiger partial charge in [-0.3, -0.25) is 0 Å². The average molecular weight is 394 g/mol. The van der Waals surface area contributed by atoms with E-state index >= 15 is 0 Å². The summed E-state index contributed by atoms with van der Waals surface area (Å²) in [4.78, 5) is 0. The van der Waals surface area contributed by atoms with Crippen LogP contribution >= 0.6 is 0 Å². The lowest BCUT2D eigenvalue weighted by molar-refractivity contribution is -0.275. The quantitative estimate of drug-likeness (QED) is 0.702. The van der Waals surface area contributed by atoms with E-state index in [1.54, 1.807) is 0 Å². The minimum Gasteiger partial charge on any atom is -0.485 e. The van der Waals surface area contributed by atoms with Crippen LogP contribution in [0, 0.1) is 0 Å². The average Bonchev–Trinajstić information content (AvgIpc) is 2.81. The van der Waals surface area contributed by atoms with Crippen LogP contribution in [0.5, 0.6) is 11.5 Å². The largest absolute Gasteiger partial charge is 0.573 e. The topological polar surface area (TPSA) is 36.9 Å². The van der Waals surface area contributed by atoms with E-state index in [0.717, 1.165) is 5.56 Å². The highest BCUT2D eigenvalue weighted by Crippen LogP contribution is 2.38. The Morgan fingerprint density at radius 1 is 0.893 bits per heavy atom. The molecule has 2 aromatic rings. The summed E-state index contributed by atoms with van der Waals surface area (Å²) in [6.45, 7) is 7.71. The molecule has 28 heavy (non-hydrogen) atoms. The monoisotopic (exact) mass is 394 g/mol. The van der Waals surface area contributed by atoms with Crippen LogP contribution in [-0.4, -0.2) is 24.7 Å². The van der Waals surface area contributed by atoms with E-state index in [4.69, 9.17) is 14.0 Å². The number of halogens is 3. The van der Waals surface area contributed by atoms with Gasteiger partial charge in [0.2, 0.25) is 0 Å². The second-order valence-corrected chi connectivity index (χ2v) is 7.62. The highest BCUT2D eigenvalue weighted by Gasteiger charge is 2.51. The molecule has 0 bridgehead atoms. The molecule has 1 aliphatic heterocycles. The van der Waals surface area contributed by atoms with Gasteiger partial charge in [-0.2, -0.15) is 0 Å². The van der Waals surface area contributed by atoms with Crippen LogP contribution in [-0.2, 0) is 15.9 Å². The first-order chi connectivity index (χ1) is 13.0. The van der Waals surface area contributed by atoms with E-state index in [2.05, 4.69) is 4.74 Å². The first kappa shape index (κ1) is 20.5. The van der Waals surface area contributed by atoms with Gasteiger partial charge >= 0.3 is 13.5 Å². The van der Waals surface area contributed by atoms with Crippen LogP contribution < -0.4 is 14.9 Å². The Hall–Kier alpha value is -2.19. The Morgan fingerprint density at radius 3 is 2.07 bits per heavy atom. The zero-order chi connectivity index (χ0) is 20.6. The van der Waals surface area contributed by atoms with Gasteiger partial charge in [-0.25, -0.2) is 0 Å². The van der Waals surface area contributed by atoms with Gasteiger partial charge < -0.3 is 18.8 Å². The van der Waals surface area contributed by atoms with Crippen molar-refractivity contribution >= 4 is 12.6 Å². The molecule has 3 rings (SSSR count). The van der Waals surface area contributed by atoms with E-state index in [-0.39, 0.29) is 12.4 Å². The van der Waals surface area contributed by atoms with Crippen molar-refractivity contribution < 1.29 is 32.0 Å². The molecule has 0 N–H and O–H groups in total. The van der Waals surface area contributed by atoms with Gasteiger partial charge in [-0.05, 0) is 50.9 Å². The van der Waals surface area contributed by atoms with Crippen LogP contribution in [0.15, 0.2) is 48.5 Å². The minimum atomic E-state index is -4.82. The number of benzene rings is 2. The van der Waals surface area contributed by atoms with Gasteiger partial charge in [0.05, 0.1) is 11.2 Å². The molecule has 0 aliphatic carbocycles. The molecule has 8 heteroatoms. The Bertz CT molecular complexity index is 806. The lowest BCUT2D eigenvalue weighted by Gasteiger charge is -2.32. The van der Waals surface area contributed by atoms with E-state index in [9.17, 15) is 13.2 Å². The first-order valence-corrected chi connectivity index (χ1v) is 8.89. The number of hydrogen-bond donors (Lipinski definition) is 0. The summed E-state index contributed by atoms with van der Waals surface area (Å²) in [5.74, 6) is -0.447. The van der Waals surface area contributed by atoms with Crippen LogP contribution in [0.2, 0.25) is 0 Å². The summed E-state index contributed by atoms with van der Waals surface area (Å²) in [5.41, 5.74) is 0.242. The second-order valence-electron chi connectivity index (χ2n) is 7.62. The Morgan fingerprint density at radius 2 is 1.50 bits per heavy atom. The maximum Gasteiger partial charge on any atom is 0.573 e. The minimum absolute atomic E-state index is 0.0339. The molecule has 0 atom stereocenters. The van der Waals surface area contributed by atoms with Crippen LogP contribution in [0.1, 0.15) is 33.3 Å². The summed E-state index contributed by atoms with van der Waals surface area (Å²) in [7, 11) is -0.719. The Balaban J connectivity index is 1.87. The zero-order valence-electron chi connectivity index (χ0n) is 16.2. The Kier molecular flexibility index (Phi) is 5.38. The van der Waals surface area contributed by atoms with Crippen molar-refractivity contribution in [2.45, 2.75) is 51.9 Å². The molecule has 0 unspecified atom stereocenters. The number of ether oxygens (including phenoxy) is 2. The fourth-order valence-corrected chi connectivity index (χ4v) is 2.71. The normalized spacial score (nSPS) is 18.2. The van der Waals surface area contributed by atoms with Crippen LogP contribution in [0.3, 0.4) is 0 Å². The number of hydrogen-bond acceptors (Lipinski definition) is 4. The molecular formula is C20H22BF3O4. The Labute approximate surface area is 162 Å². The summed E-state index contributed by atoms with van der Waals surface area (Å²) in [6.07, 6.45) is -4.82. The summed E-state index contributed by atoms with van der Waals surface area (Å²) in [5, 5.41) is 0. The standard InChI is InChI=1S/C20H22BF3O4/c1-18(2)19(3,4)28-21(27-18)15-10-11-16(26-20(22,23)24)17(12-15)25-13-14-8-6-5-7-9-14/h5-12H,13H2,1-4H3. The van der Waals surface area contributed by atoms with Crippen LogP contribution in [0.25, 0.3) is 0 Å². The molecule has 1 saturated heterocycles. The van der Waals surface area contributed by atoms with Crippen LogP contribution in [0.4, 0.5) is 13.2 Å². The summed E-state index contributed by atoms with van der Waals surface area (Å²) >= 11 is 0. The number of alkyl halides is 3.